The van der Waals surface area contributed by atoms with Crippen LogP contribution in [0.1, 0.15) is 68.1 Å². The first-order valence-electron chi connectivity index (χ1n) is 12.9. The Bertz CT molecular complexity index is 1540. The second kappa shape index (κ2) is 10.3. The fraction of sp³-hybridized carbons (Fsp3) is 0.357. The van der Waals surface area contributed by atoms with Gasteiger partial charge in [-0.05, 0) is 38.5 Å². The Kier molecular flexibility index (Phi) is 6.88. The van der Waals surface area contributed by atoms with E-state index in [1.54, 1.807) is 35.1 Å². The van der Waals surface area contributed by atoms with Gasteiger partial charge in [0.15, 0.2) is 17.3 Å². The lowest BCUT2D eigenvalue weighted by Crippen LogP contribution is -2.36. The first-order chi connectivity index (χ1) is 18.3. The van der Waals surface area contributed by atoms with Crippen molar-refractivity contribution in [2.75, 3.05) is 6.54 Å². The highest BCUT2D eigenvalue weighted by molar-refractivity contribution is 6.04. The number of hydrogen-bond acceptors (Lipinski definition) is 7. The molecular formula is C28H31FN8O. The number of carbonyl (C=O) groups is 1. The van der Waals surface area contributed by atoms with E-state index in [1.807, 2.05) is 19.9 Å². The molecule has 0 fully saturated rings. The van der Waals surface area contributed by atoms with Crippen molar-refractivity contribution in [3.05, 3.63) is 65.2 Å². The number of halogens is 1. The molecule has 4 aromatic rings. The van der Waals surface area contributed by atoms with Crippen LogP contribution in [0.5, 0.6) is 0 Å². The molecule has 9 nitrogen and oxygen atoms in total. The van der Waals surface area contributed by atoms with Crippen molar-refractivity contribution in [3.8, 4) is 11.5 Å². The van der Waals surface area contributed by atoms with Gasteiger partial charge in [0.25, 0.3) is 5.91 Å². The number of amides is 1. The van der Waals surface area contributed by atoms with Crippen LogP contribution in [0.15, 0.2) is 47.6 Å². The van der Waals surface area contributed by atoms with Gasteiger partial charge in [0, 0.05) is 23.9 Å². The number of hydrogen-bond donors (Lipinski definition) is 2. The molecule has 38 heavy (non-hydrogen) atoms. The molecular weight excluding hydrogens is 483 g/mol. The number of nitrogens with zero attached hydrogens (tertiary/aromatic N) is 6. The Morgan fingerprint density at radius 3 is 2.71 bits per heavy atom. The summed E-state index contributed by atoms with van der Waals surface area (Å²) in [6.07, 6.45) is 5.83. The summed E-state index contributed by atoms with van der Waals surface area (Å²) in [5, 5.41) is 8.41. The molecule has 3 N–H and O–H groups in total. The molecule has 4 heterocycles. The predicted octanol–water partition coefficient (Wildman–Crippen LogP) is 4.67. The Labute approximate surface area is 220 Å². The molecule has 0 saturated heterocycles. The molecule has 1 aliphatic rings. The summed E-state index contributed by atoms with van der Waals surface area (Å²) in [7, 11) is 0. The third kappa shape index (κ3) is 4.62. The number of fused-ring (bicyclic) bond motifs is 2. The minimum absolute atomic E-state index is 0.175. The number of amidine groups is 1. The fourth-order valence-corrected chi connectivity index (χ4v) is 4.67. The SMILES string of the molecule is CCCCCCNC(=O)c1nc(-c2nn(Cc3ccccc3F)c3ncccc23)nc2c1C(C)(C)C(N)=N2. The molecule has 0 bridgehead atoms. The van der Waals surface area contributed by atoms with E-state index >= 15 is 0 Å². The van der Waals surface area contributed by atoms with Crippen molar-refractivity contribution in [1.82, 2.24) is 30.0 Å². The average Bonchev–Trinajstić information content (AvgIpc) is 3.38. The van der Waals surface area contributed by atoms with E-state index in [0.29, 0.717) is 46.1 Å². The Balaban J connectivity index is 1.59. The third-order valence-corrected chi connectivity index (χ3v) is 6.91. The van der Waals surface area contributed by atoms with E-state index in [4.69, 9.17) is 15.8 Å². The van der Waals surface area contributed by atoms with Gasteiger partial charge in [-0.2, -0.15) is 5.10 Å². The second-order valence-electron chi connectivity index (χ2n) is 10.0. The van der Waals surface area contributed by atoms with Crippen LogP contribution in [-0.4, -0.2) is 43.0 Å². The van der Waals surface area contributed by atoms with Gasteiger partial charge in [0.2, 0.25) is 0 Å². The molecule has 3 aromatic heterocycles. The number of nitrogens with one attached hydrogen (secondary N) is 1. The Morgan fingerprint density at radius 2 is 1.92 bits per heavy atom. The summed E-state index contributed by atoms with van der Waals surface area (Å²) in [6, 6.07) is 10.2. The van der Waals surface area contributed by atoms with Gasteiger partial charge in [-0.25, -0.2) is 29.0 Å². The summed E-state index contributed by atoms with van der Waals surface area (Å²) < 4.78 is 16.0. The van der Waals surface area contributed by atoms with E-state index in [0.717, 1.165) is 25.7 Å². The number of pyridine rings is 1. The van der Waals surface area contributed by atoms with E-state index in [2.05, 4.69) is 27.2 Å². The maximum atomic E-state index is 14.4. The van der Waals surface area contributed by atoms with Crippen molar-refractivity contribution in [2.24, 2.45) is 10.7 Å². The van der Waals surface area contributed by atoms with Gasteiger partial charge in [-0.1, -0.05) is 44.4 Å². The van der Waals surface area contributed by atoms with Crippen LogP contribution < -0.4 is 11.1 Å². The van der Waals surface area contributed by atoms with E-state index < -0.39 is 5.41 Å². The molecule has 0 radical (unpaired) electrons. The number of benzene rings is 1. The zero-order chi connectivity index (χ0) is 26.9. The molecule has 196 valence electrons. The quantitative estimate of drug-likeness (QED) is 0.313. The van der Waals surface area contributed by atoms with Gasteiger partial charge >= 0.3 is 0 Å². The standard InChI is InChI=1S/C28H31FN8O/c1-4-5-6-9-14-32-26(38)22-20-23(35-27(30)28(20,2)3)34-24(33-22)21-18-12-10-15-31-25(18)37(36-21)16-17-11-7-8-13-19(17)29/h7-8,10-13,15H,4-6,9,14,16H2,1-3H3,(H,32,38)(H2,30,33,34,35). The summed E-state index contributed by atoms with van der Waals surface area (Å²) in [6.45, 7) is 6.68. The maximum Gasteiger partial charge on any atom is 0.270 e. The molecule has 0 atom stereocenters. The molecule has 5 rings (SSSR count). The molecule has 1 aliphatic heterocycles. The normalized spacial score (nSPS) is 13.9. The number of unbranched alkanes of at least 4 members (excludes halogenated alkanes) is 3. The van der Waals surface area contributed by atoms with E-state index in [9.17, 15) is 9.18 Å². The highest BCUT2D eigenvalue weighted by atomic mass is 19.1. The van der Waals surface area contributed by atoms with Crippen molar-refractivity contribution >= 4 is 28.6 Å². The molecule has 1 amide bonds. The summed E-state index contributed by atoms with van der Waals surface area (Å²) in [5.74, 6) is 0.334. The van der Waals surface area contributed by atoms with Crippen molar-refractivity contribution in [3.63, 3.8) is 0 Å². The largest absolute Gasteiger partial charge is 0.386 e. The van der Waals surface area contributed by atoms with Gasteiger partial charge in [-0.15, -0.1) is 0 Å². The van der Waals surface area contributed by atoms with Crippen LogP contribution >= 0.6 is 0 Å². The lowest BCUT2D eigenvalue weighted by Gasteiger charge is -2.21. The lowest BCUT2D eigenvalue weighted by atomic mass is 9.84. The van der Waals surface area contributed by atoms with Crippen molar-refractivity contribution < 1.29 is 9.18 Å². The molecule has 10 heteroatoms. The highest BCUT2D eigenvalue weighted by Crippen LogP contribution is 2.40. The molecule has 0 aliphatic carbocycles. The maximum absolute atomic E-state index is 14.4. The smallest absolute Gasteiger partial charge is 0.270 e. The zero-order valence-corrected chi connectivity index (χ0v) is 21.8. The zero-order valence-electron chi connectivity index (χ0n) is 21.8. The predicted molar refractivity (Wildman–Crippen MR) is 145 cm³/mol. The summed E-state index contributed by atoms with van der Waals surface area (Å²) in [5.41, 5.74) is 7.85. The van der Waals surface area contributed by atoms with Gasteiger partial charge in [-0.3, -0.25) is 4.79 Å². The number of aromatic nitrogens is 5. The van der Waals surface area contributed by atoms with Gasteiger partial charge < -0.3 is 11.1 Å². The van der Waals surface area contributed by atoms with Gasteiger partial charge in [0.1, 0.15) is 23.0 Å². The molecule has 1 aromatic carbocycles. The lowest BCUT2D eigenvalue weighted by molar-refractivity contribution is 0.0946. The van der Waals surface area contributed by atoms with E-state index in [1.165, 1.54) is 6.07 Å². The van der Waals surface area contributed by atoms with Crippen molar-refractivity contribution in [2.45, 2.75) is 58.4 Å². The topological polar surface area (TPSA) is 124 Å². The molecule has 0 unspecified atom stereocenters. The molecule has 0 saturated carbocycles. The number of nitrogens with two attached hydrogens (primary N) is 1. The first-order valence-corrected chi connectivity index (χ1v) is 12.9. The van der Waals surface area contributed by atoms with Crippen LogP contribution in [-0.2, 0) is 12.0 Å². The number of rotatable bonds is 9. The van der Waals surface area contributed by atoms with Crippen molar-refractivity contribution in [1.29, 1.82) is 0 Å². The third-order valence-electron chi connectivity index (χ3n) is 6.91. The van der Waals surface area contributed by atoms with Crippen LogP contribution in [0.25, 0.3) is 22.6 Å². The summed E-state index contributed by atoms with van der Waals surface area (Å²) in [4.78, 5) is 31.8. The van der Waals surface area contributed by atoms with Crippen LogP contribution in [0.3, 0.4) is 0 Å². The van der Waals surface area contributed by atoms with Gasteiger partial charge in [0.05, 0.1) is 17.3 Å². The minimum atomic E-state index is -0.698. The number of aliphatic imine (C=N–C) groups is 1. The van der Waals surface area contributed by atoms with Crippen LogP contribution in [0.4, 0.5) is 10.2 Å². The van der Waals surface area contributed by atoms with Crippen LogP contribution in [0.2, 0.25) is 0 Å². The summed E-state index contributed by atoms with van der Waals surface area (Å²) >= 11 is 0. The average molecular weight is 515 g/mol. The monoisotopic (exact) mass is 514 g/mol. The fourth-order valence-electron chi connectivity index (χ4n) is 4.67. The Hall–Kier alpha value is -4.21. The van der Waals surface area contributed by atoms with Crippen LogP contribution in [0, 0.1) is 5.82 Å². The highest BCUT2D eigenvalue weighted by Gasteiger charge is 2.40. The number of carbonyl (C=O) groups excluding carboxylic acids is 1. The van der Waals surface area contributed by atoms with E-state index in [-0.39, 0.29) is 29.8 Å². The Morgan fingerprint density at radius 1 is 1.11 bits per heavy atom. The first kappa shape index (κ1) is 25.4. The molecule has 0 spiro atoms. The second-order valence-corrected chi connectivity index (χ2v) is 10.0. The minimum Gasteiger partial charge on any atom is -0.386 e.